The Balaban J connectivity index is 1.26. The van der Waals surface area contributed by atoms with Crippen LogP contribution in [0.5, 0.6) is 23.0 Å². The first kappa shape index (κ1) is 35.3. The van der Waals surface area contributed by atoms with Crippen LogP contribution in [0, 0.1) is 0 Å². The molecule has 0 heterocycles. The zero-order valence-corrected chi connectivity index (χ0v) is 34.2. The molecule has 0 aliphatic heterocycles. The van der Waals surface area contributed by atoms with Crippen molar-refractivity contribution in [3.63, 3.8) is 0 Å². The standard InChI is InChI=1S/C48H34O4S4/c1-49-28-5-13-32(14-6-28)53-40-23-27-24-41(54-33-15-7-29(50-2)8-16-33)39-26-43(56-35-19-11-31(52-4)12-20-35)37-22-21-36-42(55-34-17-9-30(51-3)10-18-34)25-38(40)47-44(27)48(39)46(37)45(36)47/h5-26H,1-4H3. The molecule has 0 saturated carbocycles. The van der Waals surface area contributed by atoms with Gasteiger partial charge in [-0.3, -0.25) is 0 Å². The van der Waals surface area contributed by atoms with E-state index in [1.165, 1.54) is 83.2 Å². The van der Waals surface area contributed by atoms with Crippen LogP contribution < -0.4 is 18.9 Å². The normalized spacial score (nSPS) is 11.9. The molecule has 0 aromatic heterocycles. The summed E-state index contributed by atoms with van der Waals surface area (Å²) in [5.41, 5.74) is 0. The van der Waals surface area contributed by atoms with Crippen molar-refractivity contribution in [3.8, 4) is 23.0 Å². The van der Waals surface area contributed by atoms with E-state index in [2.05, 4.69) is 84.9 Å². The fourth-order valence-electron chi connectivity index (χ4n) is 7.73. The van der Waals surface area contributed by atoms with Crippen LogP contribution in [-0.4, -0.2) is 28.4 Å². The smallest absolute Gasteiger partial charge is 0.118 e. The van der Waals surface area contributed by atoms with Crippen LogP contribution in [0.15, 0.2) is 173 Å². The first-order valence-electron chi connectivity index (χ1n) is 18.1. The highest BCUT2D eigenvalue weighted by Crippen LogP contribution is 2.56. The quantitative estimate of drug-likeness (QED) is 0.113. The number of hydrogen-bond acceptors (Lipinski definition) is 8. The molecule has 56 heavy (non-hydrogen) atoms. The van der Waals surface area contributed by atoms with Crippen LogP contribution in [-0.2, 0) is 0 Å². The zero-order chi connectivity index (χ0) is 37.9. The lowest BCUT2D eigenvalue weighted by Gasteiger charge is -2.15. The molecule has 10 aromatic carbocycles. The predicted molar refractivity (Wildman–Crippen MR) is 236 cm³/mol. The van der Waals surface area contributed by atoms with Gasteiger partial charge in [0.15, 0.2) is 0 Å². The number of ether oxygens (including phenoxy) is 4. The summed E-state index contributed by atoms with van der Waals surface area (Å²) in [5.74, 6) is 3.41. The number of rotatable bonds is 12. The average Bonchev–Trinajstić information content (AvgIpc) is 3.61. The molecule has 0 amide bonds. The molecule has 0 saturated heterocycles. The van der Waals surface area contributed by atoms with Crippen LogP contribution >= 0.6 is 47.0 Å². The Morgan fingerprint density at radius 3 is 0.839 bits per heavy atom. The van der Waals surface area contributed by atoms with Gasteiger partial charge in [-0.15, -0.1) is 0 Å². The van der Waals surface area contributed by atoms with Crippen LogP contribution in [0.4, 0.5) is 0 Å². The molecule has 0 aliphatic carbocycles. The Hall–Kier alpha value is -5.12. The summed E-state index contributed by atoms with van der Waals surface area (Å²) in [6.07, 6.45) is 0. The van der Waals surface area contributed by atoms with Gasteiger partial charge in [-0.1, -0.05) is 59.2 Å². The molecule has 10 aromatic rings. The highest BCUT2D eigenvalue weighted by atomic mass is 32.2. The van der Waals surface area contributed by atoms with Crippen molar-refractivity contribution in [2.24, 2.45) is 0 Å². The Bertz CT molecular complexity index is 2780. The van der Waals surface area contributed by atoms with E-state index in [9.17, 15) is 0 Å². The van der Waals surface area contributed by atoms with Crippen molar-refractivity contribution in [1.82, 2.24) is 0 Å². The average molecular weight is 803 g/mol. The lowest BCUT2D eigenvalue weighted by molar-refractivity contribution is 0.414. The van der Waals surface area contributed by atoms with Gasteiger partial charge in [0, 0.05) is 39.2 Å². The molecule has 0 atom stereocenters. The second-order valence-corrected chi connectivity index (χ2v) is 17.9. The maximum absolute atomic E-state index is 5.51. The van der Waals surface area contributed by atoms with E-state index in [4.69, 9.17) is 18.9 Å². The first-order valence-corrected chi connectivity index (χ1v) is 21.4. The topological polar surface area (TPSA) is 36.9 Å². The molecular weight excluding hydrogens is 769 g/mol. The number of methoxy groups -OCH3 is 4. The van der Waals surface area contributed by atoms with E-state index in [-0.39, 0.29) is 0 Å². The monoisotopic (exact) mass is 802 g/mol. The third-order valence-corrected chi connectivity index (χ3v) is 14.6. The first-order chi connectivity index (χ1) is 27.5. The van der Waals surface area contributed by atoms with Gasteiger partial charge in [-0.2, -0.15) is 0 Å². The molecule has 0 unspecified atom stereocenters. The summed E-state index contributed by atoms with van der Waals surface area (Å²) in [5, 5.41) is 13.0. The fourth-order valence-corrected chi connectivity index (χ4v) is 11.7. The number of hydrogen-bond donors (Lipinski definition) is 0. The molecule has 0 fully saturated rings. The Labute approximate surface area is 341 Å². The van der Waals surface area contributed by atoms with Crippen LogP contribution in [0.1, 0.15) is 0 Å². The third-order valence-electron chi connectivity index (χ3n) is 10.4. The summed E-state index contributed by atoms with van der Waals surface area (Å²) in [6, 6.07) is 47.9. The molecule has 0 bridgehead atoms. The van der Waals surface area contributed by atoms with E-state index in [1.807, 2.05) is 95.6 Å². The lowest BCUT2D eigenvalue weighted by atomic mass is 9.99. The summed E-state index contributed by atoms with van der Waals surface area (Å²) in [6.45, 7) is 0. The fraction of sp³-hybridized carbons (Fsp3) is 0.0833. The number of benzene rings is 9. The second kappa shape index (κ2) is 14.4. The van der Waals surface area contributed by atoms with Gasteiger partial charge in [-0.25, -0.2) is 0 Å². The Kier molecular flexibility index (Phi) is 9.10. The SMILES string of the molecule is COc1ccc(Sc2cc3cc(Sc4ccc(OC)cc4)c4cc(Sc5ccc(OC)cc5)c5ccc6c(Sc7ccc(OC)cc7)cc2c2c3c4c5c62)cc1. The summed E-state index contributed by atoms with van der Waals surface area (Å²) in [4.78, 5) is 9.59. The Morgan fingerprint density at radius 2 is 0.554 bits per heavy atom. The summed E-state index contributed by atoms with van der Waals surface area (Å²) in [7, 11) is 6.85. The van der Waals surface area contributed by atoms with E-state index >= 15 is 0 Å². The molecule has 0 N–H and O–H groups in total. The molecule has 8 heteroatoms. The van der Waals surface area contributed by atoms with E-state index in [1.54, 1.807) is 28.4 Å². The highest BCUT2D eigenvalue weighted by Gasteiger charge is 2.27. The van der Waals surface area contributed by atoms with Gasteiger partial charge in [0.05, 0.1) is 28.4 Å². The molecule has 0 spiro atoms. The molecule has 4 nitrogen and oxygen atoms in total. The van der Waals surface area contributed by atoms with E-state index in [0.717, 1.165) is 32.8 Å². The molecule has 0 radical (unpaired) electrons. The summed E-state index contributed by atoms with van der Waals surface area (Å²) >= 11 is 7.25. The maximum Gasteiger partial charge on any atom is 0.118 e. The summed E-state index contributed by atoms with van der Waals surface area (Å²) < 4.78 is 22.0. The van der Waals surface area contributed by atoms with E-state index in [0.29, 0.717) is 0 Å². The third kappa shape index (κ3) is 6.07. The van der Waals surface area contributed by atoms with Crippen molar-refractivity contribution < 1.29 is 18.9 Å². The molecule has 274 valence electrons. The van der Waals surface area contributed by atoms with Gasteiger partial charge in [-0.05, 0) is 175 Å². The van der Waals surface area contributed by atoms with Crippen LogP contribution in [0.25, 0.3) is 53.9 Å². The minimum absolute atomic E-state index is 0.851. The molecule has 10 rings (SSSR count). The van der Waals surface area contributed by atoms with Gasteiger partial charge in [0.25, 0.3) is 0 Å². The van der Waals surface area contributed by atoms with Crippen molar-refractivity contribution >= 4 is 101 Å². The van der Waals surface area contributed by atoms with Crippen LogP contribution in [0.2, 0.25) is 0 Å². The second-order valence-electron chi connectivity index (χ2n) is 13.5. The van der Waals surface area contributed by atoms with Gasteiger partial charge >= 0.3 is 0 Å². The minimum Gasteiger partial charge on any atom is -0.497 e. The zero-order valence-electron chi connectivity index (χ0n) is 31.0. The van der Waals surface area contributed by atoms with Crippen molar-refractivity contribution in [3.05, 3.63) is 133 Å². The minimum atomic E-state index is 0.851. The predicted octanol–water partition coefficient (Wildman–Crippen LogP) is 14.4. The lowest BCUT2D eigenvalue weighted by Crippen LogP contribution is -1.87. The van der Waals surface area contributed by atoms with Crippen molar-refractivity contribution in [2.45, 2.75) is 39.2 Å². The Morgan fingerprint density at radius 1 is 0.286 bits per heavy atom. The van der Waals surface area contributed by atoms with Crippen LogP contribution in [0.3, 0.4) is 0 Å². The highest BCUT2D eigenvalue weighted by molar-refractivity contribution is 8.00. The molecular formula is C48H34O4S4. The van der Waals surface area contributed by atoms with Gasteiger partial charge in [0.1, 0.15) is 23.0 Å². The van der Waals surface area contributed by atoms with Crippen molar-refractivity contribution in [2.75, 3.05) is 28.4 Å². The largest absolute Gasteiger partial charge is 0.497 e. The molecule has 0 aliphatic rings. The van der Waals surface area contributed by atoms with Gasteiger partial charge in [0.2, 0.25) is 0 Å². The van der Waals surface area contributed by atoms with Crippen molar-refractivity contribution in [1.29, 1.82) is 0 Å². The maximum atomic E-state index is 5.51. The van der Waals surface area contributed by atoms with E-state index < -0.39 is 0 Å². The van der Waals surface area contributed by atoms with Gasteiger partial charge < -0.3 is 18.9 Å².